The van der Waals surface area contributed by atoms with Crippen molar-refractivity contribution in [3.05, 3.63) is 59.2 Å². The molecular weight excluding hydrogens is 380 g/mol. The molecule has 0 radical (unpaired) electrons. The molecule has 146 valence electrons. The maximum atomic E-state index is 12.9. The first-order valence-electron chi connectivity index (χ1n) is 8.65. The van der Waals surface area contributed by atoms with E-state index in [1.807, 2.05) is 30.5 Å². The maximum Gasteiger partial charge on any atom is 0.254 e. The van der Waals surface area contributed by atoms with Crippen LogP contribution in [0, 0.1) is 6.92 Å². The molecule has 2 rings (SSSR count). The van der Waals surface area contributed by atoms with Crippen molar-refractivity contribution in [1.82, 2.24) is 9.62 Å². The van der Waals surface area contributed by atoms with E-state index >= 15 is 0 Å². The number of sulfonamides is 1. The second kappa shape index (κ2) is 8.91. The fourth-order valence-electron chi connectivity index (χ4n) is 2.66. The smallest absolute Gasteiger partial charge is 0.254 e. The molecule has 0 saturated carbocycles. The molecule has 0 atom stereocenters. The van der Waals surface area contributed by atoms with E-state index < -0.39 is 10.0 Å². The molecule has 2 aromatic carbocycles. The average molecular weight is 407 g/mol. The van der Waals surface area contributed by atoms with Crippen molar-refractivity contribution < 1.29 is 13.2 Å². The highest BCUT2D eigenvalue weighted by molar-refractivity contribution is 7.98. The highest BCUT2D eigenvalue weighted by Gasteiger charge is 2.20. The molecule has 1 amide bonds. The van der Waals surface area contributed by atoms with E-state index in [-0.39, 0.29) is 16.8 Å². The lowest BCUT2D eigenvalue weighted by Gasteiger charge is -2.19. The zero-order chi connectivity index (χ0) is 20.2. The third-order valence-corrected chi connectivity index (χ3v) is 6.47. The van der Waals surface area contributed by atoms with Gasteiger partial charge in [-0.05, 0) is 62.4 Å². The van der Waals surface area contributed by atoms with Crippen LogP contribution in [-0.2, 0) is 16.6 Å². The van der Waals surface area contributed by atoms with E-state index in [9.17, 15) is 13.2 Å². The third kappa shape index (κ3) is 5.57. The molecule has 0 saturated heterocycles. The Morgan fingerprint density at radius 1 is 1.15 bits per heavy atom. The fourth-order valence-corrected chi connectivity index (χ4v) is 4.34. The first-order chi connectivity index (χ1) is 12.6. The Balaban J connectivity index is 2.25. The number of carbonyl (C=O) groups excluding carboxylic acids is 1. The van der Waals surface area contributed by atoms with E-state index in [1.165, 1.54) is 17.0 Å². The van der Waals surface area contributed by atoms with Crippen LogP contribution in [0.5, 0.6) is 0 Å². The molecular formula is C20H26N2O3S2. The number of aryl methyl sites for hydroxylation is 1. The summed E-state index contributed by atoms with van der Waals surface area (Å²) in [4.78, 5) is 15.8. The normalized spacial score (nSPS) is 11.6. The van der Waals surface area contributed by atoms with E-state index in [0.717, 1.165) is 11.1 Å². The number of hydrogen-bond acceptors (Lipinski definition) is 4. The highest BCUT2D eigenvalue weighted by atomic mass is 32.2. The second-order valence-corrected chi connectivity index (χ2v) is 9.36. The van der Waals surface area contributed by atoms with Gasteiger partial charge in [-0.2, -0.15) is 0 Å². The summed E-state index contributed by atoms with van der Waals surface area (Å²) >= 11 is 1.67. The Kier molecular flexibility index (Phi) is 7.08. The van der Waals surface area contributed by atoms with Crippen LogP contribution in [0.1, 0.15) is 35.3 Å². The van der Waals surface area contributed by atoms with Crippen LogP contribution in [0.4, 0.5) is 0 Å². The van der Waals surface area contributed by atoms with Gasteiger partial charge >= 0.3 is 0 Å². The molecule has 0 fully saturated rings. The largest absolute Gasteiger partial charge is 0.337 e. The number of rotatable bonds is 7. The lowest BCUT2D eigenvalue weighted by Crippen LogP contribution is -2.31. The van der Waals surface area contributed by atoms with Crippen molar-refractivity contribution in [1.29, 1.82) is 0 Å². The summed E-state index contributed by atoms with van der Waals surface area (Å²) in [6, 6.07) is 12.5. The van der Waals surface area contributed by atoms with E-state index in [0.29, 0.717) is 12.1 Å². The summed E-state index contributed by atoms with van der Waals surface area (Å²) < 4.78 is 27.4. The SMILES string of the molecule is CSc1ccc(CN(C)C(=O)c2cc(S(=O)(=O)NC(C)C)ccc2C)cc1. The summed E-state index contributed by atoms with van der Waals surface area (Å²) in [6.07, 6.45) is 2.02. The Hall–Kier alpha value is -1.83. The standard InChI is InChI=1S/C20H26N2O3S2/c1-14(2)21-27(24,25)18-11-6-15(3)19(12-18)20(23)22(4)13-16-7-9-17(26-5)10-8-16/h6-12,14,21H,13H2,1-5H3. The number of thioether (sulfide) groups is 1. The molecule has 1 N–H and O–H groups in total. The molecule has 0 heterocycles. The van der Waals surface area contributed by atoms with E-state index in [2.05, 4.69) is 4.72 Å². The van der Waals surface area contributed by atoms with Gasteiger partial charge in [0, 0.05) is 30.1 Å². The molecule has 0 aliphatic heterocycles. The minimum atomic E-state index is -3.65. The molecule has 2 aromatic rings. The van der Waals surface area contributed by atoms with Gasteiger partial charge in [-0.15, -0.1) is 11.8 Å². The van der Waals surface area contributed by atoms with Gasteiger partial charge in [0.25, 0.3) is 5.91 Å². The third-order valence-electron chi connectivity index (χ3n) is 4.07. The van der Waals surface area contributed by atoms with Crippen molar-refractivity contribution in [2.45, 2.75) is 43.1 Å². The molecule has 7 heteroatoms. The van der Waals surface area contributed by atoms with Gasteiger partial charge in [0.2, 0.25) is 10.0 Å². The maximum absolute atomic E-state index is 12.9. The van der Waals surface area contributed by atoms with E-state index in [4.69, 9.17) is 0 Å². The van der Waals surface area contributed by atoms with Crippen LogP contribution in [-0.4, -0.2) is 38.6 Å². The molecule has 0 unspecified atom stereocenters. The van der Waals surface area contributed by atoms with Gasteiger partial charge < -0.3 is 4.90 Å². The van der Waals surface area contributed by atoms with Gasteiger partial charge in [-0.1, -0.05) is 18.2 Å². The number of nitrogens with one attached hydrogen (secondary N) is 1. The summed E-state index contributed by atoms with van der Waals surface area (Å²) in [5.41, 5.74) is 2.16. The van der Waals surface area contributed by atoms with Crippen molar-refractivity contribution in [2.75, 3.05) is 13.3 Å². The molecule has 0 spiro atoms. The molecule has 0 aliphatic carbocycles. The number of amides is 1. The van der Waals surface area contributed by atoms with Crippen LogP contribution >= 0.6 is 11.8 Å². The quantitative estimate of drug-likeness (QED) is 0.713. The summed E-state index contributed by atoms with van der Waals surface area (Å²) in [5, 5.41) is 0. The van der Waals surface area contributed by atoms with Gasteiger partial charge in [0.05, 0.1) is 4.90 Å². The van der Waals surface area contributed by atoms with Gasteiger partial charge in [0.1, 0.15) is 0 Å². The minimum absolute atomic E-state index is 0.0999. The van der Waals surface area contributed by atoms with Crippen molar-refractivity contribution in [3.8, 4) is 0 Å². The predicted molar refractivity (Wildman–Crippen MR) is 111 cm³/mol. The predicted octanol–water partition coefficient (Wildman–Crippen LogP) is 3.68. The fraction of sp³-hybridized carbons (Fsp3) is 0.350. The lowest BCUT2D eigenvalue weighted by atomic mass is 10.1. The molecule has 27 heavy (non-hydrogen) atoms. The second-order valence-electron chi connectivity index (χ2n) is 6.76. The number of hydrogen-bond donors (Lipinski definition) is 1. The molecule has 0 aromatic heterocycles. The first kappa shape index (κ1) is 21.5. The molecule has 0 bridgehead atoms. The summed E-state index contributed by atoms with van der Waals surface area (Å²) in [7, 11) is -1.93. The topological polar surface area (TPSA) is 66.5 Å². The van der Waals surface area contributed by atoms with Crippen molar-refractivity contribution in [2.24, 2.45) is 0 Å². The summed E-state index contributed by atoms with van der Waals surface area (Å²) in [5.74, 6) is -0.206. The highest BCUT2D eigenvalue weighted by Crippen LogP contribution is 2.19. The number of benzene rings is 2. The van der Waals surface area contributed by atoms with Crippen molar-refractivity contribution >= 4 is 27.7 Å². The number of nitrogens with zero attached hydrogens (tertiary/aromatic N) is 1. The van der Waals surface area contributed by atoms with Crippen LogP contribution in [0.15, 0.2) is 52.3 Å². The summed E-state index contributed by atoms with van der Waals surface area (Å²) in [6.45, 7) is 5.77. The van der Waals surface area contributed by atoms with Crippen LogP contribution in [0.25, 0.3) is 0 Å². The lowest BCUT2D eigenvalue weighted by molar-refractivity contribution is 0.0784. The van der Waals surface area contributed by atoms with Crippen LogP contribution in [0.2, 0.25) is 0 Å². The van der Waals surface area contributed by atoms with Gasteiger partial charge in [-0.3, -0.25) is 4.79 Å². The zero-order valence-electron chi connectivity index (χ0n) is 16.3. The first-order valence-corrected chi connectivity index (χ1v) is 11.4. The monoisotopic (exact) mass is 406 g/mol. The van der Waals surface area contributed by atoms with E-state index in [1.54, 1.807) is 50.5 Å². The Morgan fingerprint density at radius 3 is 2.33 bits per heavy atom. The Bertz CT molecular complexity index is 907. The van der Waals surface area contributed by atoms with Gasteiger partial charge in [-0.25, -0.2) is 13.1 Å². The molecule has 0 aliphatic rings. The van der Waals surface area contributed by atoms with Crippen LogP contribution in [0.3, 0.4) is 0 Å². The minimum Gasteiger partial charge on any atom is -0.337 e. The van der Waals surface area contributed by atoms with Gasteiger partial charge in [0.15, 0.2) is 0 Å². The average Bonchev–Trinajstić information content (AvgIpc) is 2.61. The van der Waals surface area contributed by atoms with Crippen LogP contribution < -0.4 is 4.72 Å². The van der Waals surface area contributed by atoms with Crippen molar-refractivity contribution in [3.63, 3.8) is 0 Å². The molecule has 5 nitrogen and oxygen atoms in total. The zero-order valence-corrected chi connectivity index (χ0v) is 17.9. The Morgan fingerprint density at radius 2 is 1.78 bits per heavy atom. The Labute approximate surface area is 166 Å². The number of carbonyl (C=O) groups is 1.